The van der Waals surface area contributed by atoms with E-state index >= 15 is 0 Å². The van der Waals surface area contributed by atoms with Crippen LogP contribution in [0.3, 0.4) is 0 Å². The van der Waals surface area contributed by atoms with Gasteiger partial charge in [0.05, 0.1) is 0 Å². The minimum absolute atomic E-state index is 0.0598. The zero-order valence-corrected chi connectivity index (χ0v) is 14.6. The first kappa shape index (κ1) is 22.7. The van der Waals surface area contributed by atoms with E-state index in [-0.39, 0.29) is 31.4 Å². The Morgan fingerprint density at radius 3 is 1.84 bits per heavy atom. The summed E-state index contributed by atoms with van der Waals surface area (Å²) < 4.78 is 0. The van der Waals surface area contributed by atoms with Gasteiger partial charge in [0.25, 0.3) is 0 Å². The fraction of sp³-hybridized carbons (Fsp3) is 0.643. The molecule has 0 unspecified atom stereocenters. The molecule has 0 aromatic carbocycles. The summed E-state index contributed by atoms with van der Waals surface area (Å²) in [6.45, 7) is 1.49. The third-order valence-electron chi connectivity index (χ3n) is 3.36. The predicted octanol–water partition coefficient (Wildman–Crippen LogP) is -1.26. The predicted molar refractivity (Wildman–Crippen MR) is 89.8 cm³/mol. The van der Waals surface area contributed by atoms with Crippen LogP contribution in [0.15, 0.2) is 0 Å². The standard InChI is InChI=1S/C14H23N3O7S/c1-7(2-4-10(18)19)13(23)16-8(3-5-11(20)21)14(24)17-9(6-25)12(15)22/h7-9,25H,2-6H2,1H3,(H2,15,22)(H,16,23)(H,17,24)(H,18,19)(H,20,21)/t7-,8-,9-/m0/s1. The van der Waals surface area contributed by atoms with Crippen molar-refractivity contribution in [2.75, 3.05) is 5.75 Å². The van der Waals surface area contributed by atoms with Crippen molar-refractivity contribution in [3.8, 4) is 0 Å². The molecule has 6 N–H and O–H groups in total. The molecule has 0 aromatic rings. The number of carbonyl (C=O) groups is 5. The lowest BCUT2D eigenvalue weighted by molar-refractivity contribution is -0.139. The summed E-state index contributed by atoms with van der Waals surface area (Å²) in [6, 6.07) is -2.26. The van der Waals surface area contributed by atoms with Gasteiger partial charge in [-0.1, -0.05) is 6.92 Å². The second kappa shape index (κ2) is 11.3. The molecule has 0 saturated carbocycles. The monoisotopic (exact) mass is 377 g/mol. The van der Waals surface area contributed by atoms with Crippen LogP contribution >= 0.6 is 12.6 Å². The van der Waals surface area contributed by atoms with Gasteiger partial charge in [0, 0.05) is 24.5 Å². The number of thiol groups is 1. The lowest BCUT2D eigenvalue weighted by Gasteiger charge is -2.22. The number of amides is 3. The van der Waals surface area contributed by atoms with Crippen molar-refractivity contribution in [3.63, 3.8) is 0 Å². The van der Waals surface area contributed by atoms with Gasteiger partial charge >= 0.3 is 11.9 Å². The molecule has 0 bridgehead atoms. The highest BCUT2D eigenvalue weighted by Crippen LogP contribution is 2.08. The molecule has 11 heteroatoms. The van der Waals surface area contributed by atoms with Crippen LogP contribution in [0.4, 0.5) is 0 Å². The van der Waals surface area contributed by atoms with E-state index in [4.69, 9.17) is 15.9 Å². The van der Waals surface area contributed by atoms with Gasteiger partial charge in [-0.15, -0.1) is 0 Å². The summed E-state index contributed by atoms with van der Waals surface area (Å²) in [5, 5.41) is 22.1. The highest BCUT2D eigenvalue weighted by Gasteiger charge is 2.27. The molecule has 10 nitrogen and oxygen atoms in total. The smallest absolute Gasteiger partial charge is 0.303 e. The number of rotatable bonds is 12. The fourth-order valence-electron chi connectivity index (χ4n) is 1.80. The number of hydrogen-bond donors (Lipinski definition) is 6. The summed E-state index contributed by atoms with van der Waals surface area (Å²) in [5.41, 5.74) is 5.10. The summed E-state index contributed by atoms with van der Waals surface area (Å²) in [4.78, 5) is 56.7. The first-order valence-electron chi connectivity index (χ1n) is 7.53. The minimum Gasteiger partial charge on any atom is -0.481 e. The number of carbonyl (C=O) groups excluding carboxylic acids is 3. The number of nitrogens with one attached hydrogen (secondary N) is 2. The first-order chi connectivity index (χ1) is 11.6. The van der Waals surface area contributed by atoms with Crippen LogP contribution in [0, 0.1) is 5.92 Å². The van der Waals surface area contributed by atoms with Crippen LogP contribution in [0.5, 0.6) is 0 Å². The molecular weight excluding hydrogens is 354 g/mol. The third kappa shape index (κ3) is 9.55. The van der Waals surface area contributed by atoms with E-state index in [0.29, 0.717) is 0 Å². The number of hydrogen-bond acceptors (Lipinski definition) is 6. The van der Waals surface area contributed by atoms with Crippen molar-refractivity contribution >= 4 is 42.3 Å². The highest BCUT2D eigenvalue weighted by atomic mass is 32.1. The molecule has 0 fully saturated rings. The molecule has 0 aliphatic rings. The van der Waals surface area contributed by atoms with Gasteiger partial charge in [-0.3, -0.25) is 24.0 Å². The van der Waals surface area contributed by atoms with Gasteiger partial charge in [0.2, 0.25) is 17.7 Å². The van der Waals surface area contributed by atoms with Crippen molar-refractivity contribution in [2.24, 2.45) is 11.7 Å². The Bertz CT molecular complexity index is 527. The van der Waals surface area contributed by atoms with Crippen molar-refractivity contribution in [1.29, 1.82) is 0 Å². The molecule has 0 aromatic heterocycles. The van der Waals surface area contributed by atoms with Crippen molar-refractivity contribution in [1.82, 2.24) is 10.6 Å². The minimum atomic E-state index is -1.20. The van der Waals surface area contributed by atoms with E-state index in [1.54, 1.807) is 0 Å². The Labute approximate surface area is 149 Å². The molecule has 142 valence electrons. The van der Waals surface area contributed by atoms with Crippen LogP contribution in [0.2, 0.25) is 0 Å². The number of aliphatic carboxylic acids is 2. The van der Waals surface area contributed by atoms with Crippen molar-refractivity contribution < 1.29 is 34.2 Å². The quantitative estimate of drug-likeness (QED) is 0.230. The number of carboxylic acids is 2. The van der Waals surface area contributed by atoms with Gasteiger partial charge in [-0.25, -0.2) is 0 Å². The third-order valence-corrected chi connectivity index (χ3v) is 3.73. The Balaban J connectivity index is 4.93. The molecule has 0 saturated heterocycles. The van der Waals surface area contributed by atoms with E-state index in [9.17, 15) is 24.0 Å². The summed E-state index contributed by atoms with van der Waals surface area (Å²) in [6.07, 6.45) is -0.737. The maximum Gasteiger partial charge on any atom is 0.303 e. The molecule has 0 aliphatic heterocycles. The second-order valence-electron chi connectivity index (χ2n) is 5.47. The Kier molecular flexibility index (Phi) is 10.2. The highest BCUT2D eigenvalue weighted by molar-refractivity contribution is 7.80. The molecule has 25 heavy (non-hydrogen) atoms. The normalized spacial score (nSPS) is 14.0. The van der Waals surface area contributed by atoms with Crippen molar-refractivity contribution in [3.05, 3.63) is 0 Å². The van der Waals surface area contributed by atoms with Crippen molar-refractivity contribution in [2.45, 2.75) is 44.7 Å². The molecular formula is C14H23N3O7S. The molecule has 0 radical (unpaired) electrons. The van der Waals surface area contributed by atoms with Crippen LogP contribution < -0.4 is 16.4 Å². The summed E-state index contributed by atoms with van der Waals surface area (Å²) >= 11 is 3.88. The van der Waals surface area contributed by atoms with Crippen LogP contribution in [-0.2, 0) is 24.0 Å². The number of nitrogens with two attached hydrogens (primary N) is 1. The lowest BCUT2D eigenvalue weighted by Crippen LogP contribution is -2.54. The van der Waals surface area contributed by atoms with Gasteiger partial charge in [-0.2, -0.15) is 12.6 Å². The van der Waals surface area contributed by atoms with E-state index in [1.807, 2.05) is 0 Å². The largest absolute Gasteiger partial charge is 0.481 e. The van der Waals surface area contributed by atoms with Gasteiger partial charge in [0.15, 0.2) is 0 Å². The molecule has 3 atom stereocenters. The van der Waals surface area contributed by atoms with E-state index in [1.165, 1.54) is 6.92 Å². The molecule has 0 rings (SSSR count). The Morgan fingerprint density at radius 1 is 0.920 bits per heavy atom. The summed E-state index contributed by atoms with van der Waals surface area (Å²) in [7, 11) is 0. The Hall–Kier alpha value is -2.30. The maximum absolute atomic E-state index is 12.2. The molecule has 0 spiro atoms. The fourth-order valence-corrected chi connectivity index (χ4v) is 2.07. The van der Waals surface area contributed by atoms with Gasteiger partial charge in [0.1, 0.15) is 12.1 Å². The van der Waals surface area contributed by atoms with Gasteiger partial charge < -0.3 is 26.6 Å². The first-order valence-corrected chi connectivity index (χ1v) is 8.16. The topological polar surface area (TPSA) is 176 Å². The molecule has 0 aliphatic carbocycles. The lowest BCUT2D eigenvalue weighted by atomic mass is 10.0. The zero-order chi connectivity index (χ0) is 19.6. The van der Waals surface area contributed by atoms with Gasteiger partial charge in [-0.05, 0) is 12.8 Å². The second-order valence-corrected chi connectivity index (χ2v) is 5.84. The Morgan fingerprint density at radius 2 is 1.40 bits per heavy atom. The van der Waals surface area contributed by atoms with E-state index < -0.39 is 47.7 Å². The SMILES string of the molecule is C[C@@H](CCC(=O)O)C(=O)N[C@@H](CCC(=O)O)C(=O)N[C@@H](CS)C(N)=O. The molecule has 0 heterocycles. The zero-order valence-electron chi connectivity index (χ0n) is 13.7. The molecule has 3 amide bonds. The van der Waals surface area contributed by atoms with E-state index in [0.717, 1.165) is 0 Å². The average molecular weight is 377 g/mol. The van der Waals surface area contributed by atoms with Crippen LogP contribution in [0.1, 0.15) is 32.6 Å². The summed E-state index contributed by atoms with van der Waals surface area (Å²) in [5.74, 6) is -5.14. The average Bonchev–Trinajstić information content (AvgIpc) is 2.52. The van der Waals surface area contributed by atoms with Crippen LogP contribution in [0.25, 0.3) is 0 Å². The maximum atomic E-state index is 12.2. The van der Waals surface area contributed by atoms with Crippen LogP contribution in [-0.4, -0.2) is 57.7 Å². The number of primary amides is 1. The number of carboxylic acid groups (broad SMARTS) is 2. The van der Waals surface area contributed by atoms with E-state index in [2.05, 4.69) is 23.3 Å².